The molecule has 6 aromatic rings. The van der Waals surface area contributed by atoms with Crippen LogP contribution in [0.25, 0.3) is 16.9 Å². The third-order valence-electron chi connectivity index (χ3n) is 6.34. The summed E-state index contributed by atoms with van der Waals surface area (Å²) < 4.78 is 6.25. The summed E-state index contributed by atoms with van der Waals surface area (Å²) >= 11 is 0. The molecule has 0 saturated heterocycles. The summed E-state index contributed by atoms with van der Waals surface area (Å²) in [6.07, 6.45) is 6.71. The monoisotopic (exact) mass is 517 g/mol. The van der Waals surface area contributed by atoms with Crippen LogP contribution in [-0.4, -0.2) is 39.3 Å². The van der Waals surface area contributed by atoms with Gasteiger partial charge in [-0.3, -0.25) is 18.4 Å². The van der Waals surface area contributed by atoms with Crippen molar-refractivity contribution in [1.82, 2.24) is 38.7 Å². The zero-order valence-corrected chi connectivity index (χ0v) is 21.1. The molecule has 5 aromatic heterocycles. The van der Waals surface area contributed by atoms with E-state index in [0.29, 0.717) is 28.2 Å². The molecule has 0 aliphatic rings. The molecule has 0 bridgehead atoms. The topological polar surface area (TPSA) is 130 Å². The number of anilines is 1. The van der Waals surface area contributed by atoms with Crippen molar-refractivity contribution < 1.29 is 4.79 Å². The van der Waals surface area contributed by atoms with Crippen molar-refractivity contribution in [2.75, 3.05) is 5.73 Å². The van der Waals surface area contributed by atoms with Crippen LogP contribution in [0.15, 0.2) is 84.2 Å². The second kappa shape index (κ2) is 9.35. The Balaban J connectivity index is 1.45. The Hall–Kier alpha value is -5.63. The molecule has 11 heteroatoms. The van der Waals surface area contributed by atoms with Gasteiger partial charge in [0.25, 0.3) is 5.91 Å². The first kappa shape index (κ1) is 23.7. The van der Waals surface area contributed by atoms with Gasteiger partial charge in [-0.2, -0.15) is 5.10 Å². The Morgan fingerprint density at radius 1 is 1.10 bits per heavy atom. The van der Waals surface area contributed by atoms with Crippen LogP contribution in [0.5, 0.6) is 0 Å². The molecule has 192 valence electrons. The van der Waals surface area contributed by atoms with Gasteiger partial charge in [0.1, 0.15) is 11.3 Å². The highest BCUT2D eigenvalue weighted by atomic mass is 16.2. The average Bonchev–Trinajstić information content (AvgIpc) is 3.63. The quantitative estimate of drug-likeness (QED) is 0.345. The lowest BCUT2D eigenvalue weighted by molar-refractivity contribution is 0.0941. The molecule has 0 fully saturated rings. The van der Waals surface area contributed by atoms with Crippen molar-refractivity contribution in [2.24, 2.45) is 7.05 Å². The highest BCUT2D eigenvalue weighted by Gasteiger charge is 2.24. The lowest BCUT2D eigenvalue weighted by Crippen LogP contribution is -2.34. The van der Waals surface area contributed by atoms with E-state index in [9.17, 15) is 9.59 Å². The Bertz CT molecular complexity index is 1980. The molecule has 6 rings (SSSR count). The van der Waals surface area contributed by atoms with Crippen molar-refractivity contribution in [2.45, 2.75) is 13.0 Å². The van der Waals surface area contributed by atoms with Gasteiger partial charge in [0.2, 0.25) is 0 Å². The molecule has 1 unspecified atom stereocenters. The van der Waals surface area contributed by atoms with Gasteiger partial charge in [-0.15, -0.1) is 5.10 Å². The highest BCUT2D eigenvalue weighted by Crippen LogP contribution is 2.22. The number of nitrogens with two attached hydrogens (primary N) is 1. The van der Waals surface area contributed by atoms with Crippen LogP contribution >= 0.6 is 0 Å². The minimum absolute atomic E-state index is 0.0673. The number of rotatable bonds is 4. The number of nitrogen functional groups attached to an aromatic ring is 1. The summed E-state index contributed by atoms with van der Waals surface area (Å²) in [4.78, 5) is 31.6. The van der Waals surface area contributed by atoms with E-state index in [1.807, 2.05) is 56.4 Å². The molecule has 1 amide bonds. The number of carbonyl (C=O) groups excluding carboxylic acids is 1. The third-order valence-corrected chi connectivity index (χ3v) is 6.34. The SMILES string of the molecule is CC(NC(=O)c1c(N)nn2cccnc12)c1cc2ccc(C#Cc3cnn(C)c3)n2c(=O)n1-c1ccccc1. The Morgan fingerprint density at radius 3 is 2.69 bits per heavy atom. The molecule has 3 N–H and O–H groups in total. The van der Waals surface area contributed by atoms with Crippen molar-refractivity contribution in [1.29, 1.82) is 0 Å². The summed E-state index contributed by atoms with van der Waals surface area (Å²) in [5.41, 5.74) is 9.42. The normalized spacial score (nSPS) is 11.8. The van der Waals surface area contributed by atoms with E-state index in [2.05, 4.69) is 32.3 Å². The lowest BCUT2D eigenvalue weighted by atomic mass is 10.1. The molecule has 0 saturated carbocycles. The zero-order valence-electron chi connectivity index (χ0n) is 21.1. The molecular formula is C28H23N9O2. The predicted octanol–water partition coefficient (Wildman–Crippen LogP) is 2.34. The standard InChI is InChI=1S/C28H23N9O2/c1-18(32-27(38)24-25(29)33-35-14-6-13-30-26(24)35)23-15-22-12-11-21(10-9-19-16-31-34(2)17-19)36(22)28(39)37(23)20-7-4-3-5-8-20/h3-8,11-18H,1-2H3,(H2,29,33)(H,32,38). The van der Waals surface area contributed by atoms with Crippen molar-refractivity contribution >= 4 is 22.9 Å². The molecule has 5 heterocycles. The number of benzene rings is 1. The minimum Gasteiger partial charge on any atom is -0.381 e. The number of amides is 1. The summed E-state index contributed by atoms with van der Waals surface area (Å²) in [5.74, 6) is 5.77. The van der Waals surface area contributed by atoms with E-state index >= 15 is 0 Å². The number of fused-ring (bicyclic) bond motifs is 2. The van der Waals surface area contributed by atoms with E-state index in [1.165, 1.54) is 4.52 Å². The zero-order chi connectivity index (χ0) is 27.1. The first-order valence-electron chi connectivity index (χ1n) is 12.1. The Kier molecular flexibility index (Phi) is 5.69. The van der Waals surface area contributed by atoms with Crippen LogP contribution < -0.4 is 16.7 Å². The van der Waals surface area contributed by atoms with E-state index in [1.54, 1.807) is 50.6 Å². The van der Waals surface area contributed by atoms with Gasteiger partial charge in [-0.05, 0) is 49.2 Å². The van der Waals surface area contributed by atoms with Crippen LogP contribution in [0.3, 0.4) is 0 Å². The molecule has 0 aliphatic heterocycles. The number of nitrogens with one attached hydrogen (secondary N) is 1. The average molecular weight is 518 g/mol. The van der Waals surface area contributed by atoms with E-state index in [4.69, 9.17) is 5.73 Å². The largest absolute Gasteiger partial charge is 0.381 e. The fourth-order valence-electron chi connectivity index (χ4n) is 4.54. The molecular weight excluding hydrogens is 494 g/mol. The number of aryl methyl sites for hydroxylation is 1. The van der Waals surface area contributed by atoms with Crippen LogP contribution in [-0.2, 0) is 7.05 Å². The van der Waals surface area contributed by atoms with Gasteiger partial charge in [0.15, 0.2) is 11.5 Å². The number of aromatic nitrogens is 7. The molecule has 39 heavy (non-hydrogen) atoms. The number of hydrogen-bond donors (Lipinski definition) is 2. The fraction of sp³-hybridized carbons (Fsp3) is 0.107. The van der Waals surface area contributed by atoms with E-state index in [-0.39, 0.29) is 17.1 Å². The highest BCUT2D eigenvalue weighted by molar-refractivity contribution is 6.04. The minimum atomic E-state index is -0.576. The first-order chi connectivity index (χ1) is 18.9. The van der Waals surface area contributed by atoms with E-state index in [0.717, 1.165) is 5.56 Å². The molecule has 0 spiro atoms. The molecule has 1 aromatic carbocycles. The Labute approximate surface area is 222 Å². The first-order valence-corrected chi connectivity index (χ1v) is 12.1. The third kappa shape index (κ3) is 4.19. The van der Waals surface area contributed by atoms with Gasteiger partial charge in [0.05, 0.1) is 34.7 Å². The summed E-state index contributed by atoms with van der Waals surface area (Å²) in [7, 11) is 1.82. The van der Waals surface area contributed by atoms with Gasteiger partial charge >= 0.3 is 5.69 Å². The maximum Gasteiger partial charge on any atom is 0.338 e. The fourth-order valence-corrected chi connectivity index (χ4v) is 4.54. The number of hydrogen-bond acceptors (Lipinski definition) is 6. The van der Waals surface area contributed by atoms with Crippen LogP contribution in [0.4, 0.5) is 5.82 Å². The van der Waals surface area contributed by atoms with Crippen molar-refractivity contribution in [3.63, 3.8) is 0 Å². The molecule has 11 nitrogen and oxygen atoms in total. The maximum atomic E-state index is 14.0. The van der Waals surface area contributed by atoms with Crippen molar-refractivity contribution in [3.05, 3.63) is 112 Å². The summed E-state index contributed by atoms with van der Waals surface area (Å²) in [6.45, 7) is 1.81. The van der Waals surface area contributed by atoms with Gasteiger partial charge in [-0.1, -0.05) is 24.1 Å². The van der Waals surface area contributed by atoms with Crippen LogP contribution in [0.2, 0.25) is 0 Å². The number of nitrogens with zero attached hydrogens (tertiary/aromatic N) is 7. The van der Waals surface area contributed by atoms with Gasteiger partial charge in [0, 0.05) is 25.6 Å². The van der Waals surface area contributed by atoms with Crippen LogP contribution in [0, 0.1) is 11.8 Å². The number of carbonyl (C=O) groups is 1. The molecule has 1 atom stereocenters. The van der Waals surface area contributed by atoms with Gasteiger partial charge < -0.3 is 11.1 Å². The lowest BCUT2D eigenvalue weighted by Gasteiger charge is -2.20. The Morgan fingerprint density at radius 2 is 1.92 bits per heavy atom. The second-order valence-corrected chi connectivity index (χ2v) is 9.00. The maximum absolute atomic E-state index is 14.0. The number of para-hydroxylation sites is 1. The van der Waals surface area contributed by atoms with Crippen LogP contribution in [0.1, 0.15) is 40.3 Å². The second-order valence-electron chi connectivity index (χ2n) is 9.00. The summed E-state index contributed by atoms with van der Waals surface area (Å²) in [5, 5.41) is 11.3. The molecule has 0 aliphatic carbocycles. The van der Waals surface area contributed by atoms with Crippen molar-refractivity contribution in [3.8, 4) is 17.5 Å². The van der Waals surface area contributed by atoms with E-state index < -0.39 is 11.9 Å². The molecule has 0 radical (unpaired) electrons. The summed E-state index contributed by atoms with van der Waals surface area (Å²) in [6, 6.07) is 15.9. The predicted molar refractivity (Wildman–Crippen MR) is 145 cm³/mol. The van der Waals surface area contributed by atoms with Gasteiger partial charge in [-0.25, -0.2) is 14.3 Å². The smallest absolute Gasteiger partial charge is 0.338 e.